The second-order valence-corrected chi connectivity index (χ2v) is 7.21. The zero-order valence-corrected chi connectivity index (χ0v) is 14.5. The first kappa shape index (κ1) is 18.7. The summed E-state index contributed by atoms with van der Waals surface area (Å²) in [5, 5.41) is 14.0. The molecule has 0 fully saturated rings. The van der Waals surface area contributed by atoms with Gasteiger partial charge in [0.2, 0.25) is 5.96 Å². The smallest absolute Gasteiger partial charge is 0.267 e. The van der Waals surface area contributed by atoms with Gasteiger partial charge < -0.3 is 5.32 Å². The standard InChI is InChI=1S/C14H22N6O2S/c1-10(2)7-17-12-5-6-16-8-13(12)23(21,22)20-14(18-9-15)19-11(3)4/h5-6,8,10-11H,7H2,1-4H3,(H,16,17)(H2,18,19,20). The van der Waals surface area contributed by atoms with Crippen LogP contribution in [0, 0.1) is 17.4 Å². The third-order valence-electron chi connectivity index (χ3n) is 2.57. The highest BCUT2D eigenvalue weighted by Gasteiger charge is 2.21. The van der Waals surface area contributed by atoms with Crippen LogP contribution in [0.5, 0.6) is 0 Å². The Bertz CT molecular complexity index is 691. The Morgan fingerprint density at radius 3 is 2.65 bits per heavy atom. The summed E-state index contributed by atoms with van der Waals surface area (Å²) in [4.78, 5) is 7.90. The lowest BCUT2D eigenvalue weighted by atomic mass is 10.2. The van der Waals surface area contributed by atoms with Crippen molar-refractivity contribution in [1.29, 1.82) is 5.26 Å². The first-order chi connectivity index (χ1) is 10.8. The molecule has 0 radical (unpaired) electrons. The van der Waals surface area contributed by atoms with E-state index >= 15 is 0 Å². The molecule has 0 spiro atoms. The van der Waals surface area contributed by atoms with Crippen molar-refractivity contribution in [3.8, 4) is 6.19 Å². The Labute approximate surface area is 137 Å². The Balaban J connectivity index is 3.11. The molecule has 0 aliphatic heterocycles. The molecule has 3 N–H and O–H groups in total. The summed E-state index contributed by atoms with van der Waals surface area (Å²) in [5.41, 5.74) is 0.446. The van der Waals surface area contributed by atoms with Gasteiger partial charge in [0, 0.05) is 25.0 Å². The largest absolute Gasteiger partial charge is 0.384 e. The molecule has 0 saturated carbocycles. The van der Waals surface area contributed by atoms with Crippen molar-refractivity contribution in [3.05, 3.63) is 18.5 Å². The lowest BCUT2D eigenvalue weighted by Crippen LogP contribution is -2.39. The van der Waals surface area contributed by atoms with E-state index in [0.717, 1.165) is 0 Å². The number of anilines is 1. The third kappa shape index (κ3) is 6.12. The van der Waals surface area contributed by atoms with Crippen LogP contribution in [0.15, 0.2) is 28.3 Å². The fourth-order valence-electron chi connectivity index (χ4n) is 1.63. The molecular formula is C14H22N6O2S. The van der Waals surface area contributed by atoms with Crippen molar-refractivity contribution < 1.29 is 8.42 Å². The van der Waals surface area contributed by atoms with Crippen molar-refractivity contribution in [2.75, 3.05) is 11.9 Å². The zero-order chi connectivity index (χ0) is 17.5. The monoisotopic (exact) mass is 338 g/mol. The van der Waals surface area contributed by atoms with Gasteiger partial charge in [-0.1, -0.05) is 13.8 Å². The minimum absolute atomic E-state index is 0.00292. The average molecular weight is 338 g/mol. The van der Waals surface area contributed by atoms with E-state index in [1.807, 2.05) is 13.8 Å². The Morgan fingerprint density at radius 1 is 1.39 bits per heavy atom. The van der Waals surface area contributed by atoms with Gasteiger partial charge in [-0.15, -0.1) is 0 Å². The molecule has 8 nitrogen and oxygen atoms in total. The van der Waals surface area contributed by atoms with Gasteiger partial charge in [-0.25, -0.2) is 18.1 Å². The van der Waals surface area contributed by atoms with E-state index in [9.17, 15) is 8.42 Å². The van der Waals surface area contributed by atoms with E-state index in [1.165, 1.54) is 12.4 Å². The van der Waals surface area contributed by atoms with E-state index < -0.39 is 10.0 Å². The normalized spacial score (nSPS) is 12.1. The Morgan fingerprint density at radius 2 is 2.09 bits per heavy atom. The van der Waals surface area contributed by atoms with Gasteiger partial charge in [-0.2, -0.15) is 5.26 Å². The first-order valence-corrected chi connectivity index (χ1v) is 8.68. The zero-order valence-electron chi connectivity index (χ0n) is 13.7. The molecule has 1 rings (SSSR count). The number of sulfonamides is 1. The van der Waals surface area contributed by atoms with E-state index in [0.29, 0.717) is 18.2 Å². The van der Waals surface area contributed by atoms with Crippen LogP contribution in [0.25, 0.3) is 0 Å². The average Bonchev–Trinajstić information content (AvgIpc) is 2.44. The molecule has 9 heteroatoms. The van der Waals surface area contributed by atoms with E-state index in [4.69, 9.17) is 5.26 Å². The molecule has 0 aliphatic carbocycles. The molecule has 1 aromatic rings. The molecule has 23 heavy (non-hydrogen) atoms. The maximum atomic E-state index is 12.5. The number of nitrogens with one attached hydrogen (secondary N) is 3. The van der Waals surface area contributed by atoms with Crippen LogP contribution in [0.1, 0.15) is 27.7 Å². The fourth-order valence-corrected chi connectivity index (χ4v) is 2.73. The lowest BCUT2D eigenvalue weighted by molar-refractivity contribution is 0.591. The van der Waals surface area contributed by atoms with Gasteiger partial charge in [0.05, 0.1) is 5.69 Å². The second kappa shape index (κ2) is 8.33. The number of nitrogens with zero attached hydrogens (tertiary/aromatic N) is 3. The molecule has 1 heterocycles. The van der Waals surface area contributed by atoms with Gasteiger partial charge >= 0.3 is 0 Å². The van der Waals surface area contributed by atoms with Crippen molar-refractivity contribution >= 4 is 21.7 Å². The predicted molar refractivity (Wildman–Crippen MR) is 89.2 cm³/mol. The molecule has 0 saturated heterocycles. The first-order valence-electron chi connectivity index (χ1n) is 7.20. The second-order valence-electron chi connectivity index (χ2n) is 5.56. The molecule has 1 aromatic heterocycles. The minimum Gasteiger partial charge on any atom is -0.384 e. The number of aliphatic imine (C=N–C) groups is 1. The van der Waals surface area contributed by atoms with Crippen LogP contribution in [0.2, 0.25) is 0 Å². The summed E-state index contributed by atoms with van der Waals surface area (Å²) >= 11 is 0. The molecule has 0 amide bonds. The molecule has 0 aromatic carbocycles. The van der Waals surface area contributed by atoms with Gasteiger partial charge in [0.25, 0.3) is 10.0 Å². The summed E-state index contributed by atoms with van der Waals surface area (Å²) < 4.78 is 27.4. The van der Waals surface area contributed by atoms with E-state index in [-0.39, 0.29) is 16.9 Å². The highest BCUT2D eigenvalue weighted by molar-refractivity contribution is 7.90. The van der Waals surface area contributed by atoms with Crippen molar-refractivity contribution in [1.82, 2.24) is 15.0 Å². The van der Waals surface area contributed by atoms with E-state index in [1.54, 1.807) is 26.1 Å². The quantitative estimate of drug-likeness (QED) is 0.311. The van der Waals surface area contributed by atoms with Gasteiger partial charge in [-0.05, 0) is 25.8 Å². The highest BCUT2D eigenvalue weighted by Crippen LogP contribution is 2.19. The Hall–Kier alpha value is -2.34. The SMILES string of the molecule is CC(C)CNc1ccncc1S(=O)(=O)NC(=NC(C)C)NC#N. The molecule has 126 valence electrons. The molecule has 0 bridgehead atoms. The van der Waals surface area contributed by atoms with Gasteiger partial charge in [-0.3, -0.25) is 10.3 Å². The number of hydrogen-bond donors (Lipinski definition) is 3. The van der Waals surface area contributed by atoms with Crippen LogP contribution >= 0.6 is 0 Å². The van der Waals surface area contributed by atoms with Crippen LogP contribution < -0.4 is 15.4 Å². The number of nitriles is 1. The van der Waals surface area contributed by atoms with Gasteiger partial charge in [0.15, 0.2) is 6.19 Å². The molecular weight excluding hydrogens is 316 g/mol. The highest BCUT2D eigenvalue weighted by atomic mass is 32.2. The summed E-state index contributed by atoms with van der Waals surface area (Å²) in [5.74, 6) is 0.228. The van der Waals surface area contributed by atoms with Crippen molar-refractivity contribution in [2.45, 2.75) is 38.6 Å². The number of rotatable bonds is 6. The Kier molecular flexibility index (Phi) is 6.78. The number of pyridine rings is 1. The summed E-state index contributed by atoms with van der Waals surface area (Å²) in [6.07, 6.45) is 4.43. The van der Waals surface area contributed by atoms with Crippen LogP contribution in [0.4, 0.5) is 5.69 Å². The van der Waals surface area contributed by atoms with Crippen LogP contribution in [0.3, 0.4) is 0 Å². The number of aromatic nitrogens is 1. The molecule has 0 unspecified atom stereocenters. The van der Waals surface area contributed by atoms with E-state index in [2.05, 4.69) is 25.3 Å². The summed E-state index contributed by atoms with van der Waals surface area (Å²) in [6, 6.07) is 1.41. The number of guanidine groups is 1. The maximum Gasteiger partial charge on any atom is 0.267 e. The number of hydrogen-bond acceptors (Lipinski definition) is 6. The van der Waals surface area contributed by atoms with Crippen molar-refractivity contribution in [2.24, 2.45) is 10.9 Å². The maximum absolute atomic E-state index is 12.5. The predicted octanol–water partition coefficient (Wildman–Crippen LogP) is 1.26. The minimum atomic E-state index is -3.93. The molecule has 0 atom stereocenters. The van der Waals surface area contributed by atoms with Crippen LogP contribution in [-0.4, -0.2) is 31.9 Å². The van der Waals surface area contributed by atoms with Gasteiger partial charge in [0.1, 0.15) is 4.90 Å². The lowest BCUT2D eigenvalue weighted by Gasteiger charge is -2.15. The fraction of sp³-hybridized carbons (Fsp3) is 0.500. The topological polar surface area (TPSA) is 119 Å². The van der Waals surface area contributed by atoms with Crippen molar-refractivity contribution in [3.63, 3.8) is 0 Å². The third-order valence-corrected chi connectivity index (χ3v) is 3.93. The summed E-state index contributed by atoms with van der Waals surface area (Å²) in [6.45, 7) is 8.20. The van der Waals surface area contributed by atoms with Crippen LogP contribution in [-0.2, 0) is 10.0 Å². The molecule has 0 aliphatic rings. The summed E-state index contributed by atoms with van der Waals surface area (Å²) in [7, 11) is -3.93.